The highest BCUT2D eigenvalue weighted by Gasteiger charge is 2.29. The van der Waals surface area contributed by atoms with Crippen molar-refractivity contribution in [2.75, 3.05) is 18.1 Å². The molecule has 0 saturated carbocycles. The normalized spacial score (nSPS) is 16.2. The summed E-state index contributed by atoms with van der Waals surface area (Å²) in [7, 11) is 0. The topological polar surface area (TPSA) is 30.9 Å². The molecular weight excluding hydrogens is 314 g/mol. The van der Waals surface area contributed by atoms with E-state index < -0.39 is 0 Å². The summed E-state index contributed by atoms with van der Waals surface area (Å²) in [5, 5.41) is 0. The highest BCUT2D eigenvalue weighted by molar-refractivity contribution is 5.87. The van der Waals surface area contributed by atoms with Gasteiger partial charge in [-0.15, -0.1) is 0 Å². The van der Waals surface area contributed by atoms with Crippen LogP contribution in [0.3, 0.4) is 0 Å². The summed E-state index contributed by atoms with van der Waals surface area (Å²) in [6, 6.07) is 24.3. The van der Waals surface area contributed by atoms with E-state index in [2.05, 4.69) is 29.2 Å². The fraction of sp³-hybridized carbons (Fsp3) is 0.143. The van der Waals surface area contributed by atoms with Crippen LogP contribution in [0, 0.1) is 0 Å². The van der Waals surface area contributed by atoms with E-state index in [0.29, 0.717) is 13.2 Å². The second-order valence-electron chi connectivity index (χ2n) is 6.01. The zero-order chi connectivity index (χ0) is 16.6. The number of nitrogens with zero attached hydrogens (tertiary/aromatic N) is 1. The molecule has 3 aromatic rings. The maximum Gasteiger partial charge on any atom is 0.186 e. The number of benzene rings is 3. The first kappa shape index (κ1) is 14.5. The number of rotatable bonds is 2. The van der Waals surface area contributed by atoms with Crippen LogP contribution in [0.2, 0.25) is 0 Å². The summed E-state index contributed by atoms with van der Waals surface area (Å²) in [6.45, 7) is 1.24. The highest BCUT2D eigenvalue weighted by Crippen LogP contribution is 2.51. The number of hydrogen-bond acceptors (Lipinski definition) is 4. The molecule has 3 aromatic carbocycles. The Bertz CT molecular complexity index is 873. The van der Waals surface area contributed by atoms with Crippen molar-refractivity contribution in [2.24, 2.45) is 0 Å². The first-order chi connectivity index (χ1) is 12.4. The van der Waals surface area contributed by atoms with E-state index in [1.54, 1.807) is 0 Å². The molecule has 1 fully saturated rings. The van der Waals surface area contributed by atoms with Crippen LogP contribution in [0.5, 0.6) is 11.5 Å². The molecule has 0 aromatic heterocycles. The van der Waals surface area contributed by atoms with Gasteiger partial charge in [-0.05, 0) is 30.3 Å². The van der Waals surface area contributed by atoms with Gasteiger partial charge in [0.15, 0.2) is 17.8 Å². The SMILES string of the molecule is c1ccc2c(c1)Oc1ccccc1N2c1ccccc1C1OCCO1. The van der Waals surface area contributed by atoms with E-state index in [1.807, 2.05) is 48.5 Å². The zero-order valence-corrected chi connectivity index (χ0v) is 13.6. The number of para-hydroxylation sites is 5. The molecule has 25 heavy (non-hydrogen) atoms. The van der Waals surface area contributed by atoms with Crippen LogP contribution in [0.4, 0.5) is 17.1 Å². The minimum atomic E-state index is -0.335. The van der Waals surface area contributed by atoms with Crippen LogP contribution in [-0.2, 0) is 9.47 Å². The number of anilines is 3. The van der Waals surface area contributed by atoms with Crippen LogP contribution < -0.4 is 9.64 Å². The predicted octanol–water partition coefficient (Wildman–Crippen LogP) is 5.31. The lowest BCUT2D eigenvalue weighted by molar-refractivity contribution is -0.0436. The number of fused-ring (bicyclic) bond motifs is 2. The van der Waals surface area contributed by atoms with Gasteiger partial charge in [0.1, 0.15) is 0 Å². The largest absolute Gasteiger partial charge is 0.453 e. The summed E-state index contributed by atoms with van der Waals surface area (Å²) >= 11 is 0. The van der Waals surface area contributed by atoms with Crippen LogP contribution in [0.1, 0.15) is 11.9 Å². The summed E-state index contributed by atoms with van der Waals surface area (Å²) in [5.74, 6) is 1.67. The van der Waals surface area contributed by atoms with E-state index >= 15 is 0 Å². The van der Waals surface area contributed by atoms with Crippen molar-refractivity contribution in [3.05, 3.63) is 78.4 Å². The Morgan fingerprint density at radius 1 is 0.640 bits per heavy atom. The van der Waals surface area contributed by atoms with Gasteiger partial charge in [-0.3, -0.25) is 0 Å². The Labute approximate surface area is 146 Å². The third-order valence-corrected chi connectivity index (χ3v) is 4.49. The van der Waals surface area contributed by atoms with E-state index in [4.69, 9.17) is 14.2 Å². The molecule has 2 heterocycles. The van der Waals surface area contributed by atoms with Crippen molar-refractivity contribution in [3.8, 4) is 11.5 Å². The van der Waals surface area contributed by atoms with Gasteiger partial charge < -0.3 is 19.1 Å². The van der Waals surface area contributed by atoms with E-state index in [9.17, 15) is 0 Å². The summed E-state index contributed by atoms with van der Waals surface area (Å²) in [6.07, 6.45) is -0.335. The van der Waals surface area contributed by atoms with Crippen molar-refractivity contribution in [1.29, 1.82) is 0 Å². The van der Waals surface area contributed by atoms with Gasteiger partial charge in [0, 0.05) is 5.56 Å². The Kier molecular flexibility index (Phi) is 3.44. The molecule has 0 bridgehead atoms. The van der Waals surface area contributed by atoms with Crippen molar-refractivity contribution < 1.29 is 14.2 Å². The maximum absolute atomic E-state index is 6.09. The molecule has 0 spiro atoms. The van der Waals surface area contributed by atoms with Crippen molar-refractivity contribution in [2.45, 2.75) is 6.29 Å². The van der Waals surface area contributed by atoms with Crippen LogP contribution in [0.15, 0.2) is 72.8 Å². The van der Waals surface area contributed by atoms with E-state index in [0.717, 1.165) is 34.1 Å². The minimum absolute atomic E-state index is 0.335. The van der Waals surface area contributed by atoms with Crippen LogP contribution in [0.25, 0.3) is 0 Å². The molecule has 0 aliphatic carbocycles. The Morgan fingerprint density at radius 3 is 1.80 bits per heavy atom. The summed E-state index contributed by atoms with van der Waals surface area (Å²) < 4.78 is 17.6. The Hall–Kier alpha value is -2.82. The standard InChI is InChI=1S/C21H17NO3/c1-2-8-16(15(7-1)21-23-13-14-24-21)22-17-9-3-5-11-19(17)25-20-12-6-4-10-18(20)22/h1-12,21H,13-14H2. The van der Waals surface area contributed by atoms with Gasteiger partial charge in [0.2, 0.25) is 0 Å². The van der Waals surface area contributed by atoms with Crippen molar-refractivity contribution in [1.82, 2.24) is 0 Å². The average Bonchev–Trinajstić information content (AvgIpc) is 3.21. The molecule has 124 valence electrons. The van der Waals surface area contributed by atoms with Gasteiger partial charge in [-0.25, -0.2) is 0 Å². The predicted molar refractivity (Wildman–Crippen MR) is 95.8 cm³/mol. The number of ether oxygens (including phenoxy) is 3. The zero-order valence-electron chi connectivity index (χ0n) is 13.6. The monoisotopic (exact) mass is 331 g/mol. The van der Waals surface area contributed by atoms with Crippen molar-refractivity contribution in [3.63, 3.8) is 0 Å². The fourth-order valence-corrected chi connectivity index (χ4v) is 3.39. The molecule has 0 unspecified atom stereocenters. The van der Waals surface area contributed by atoms with Gasteiger partial charge in [-0.2, -0.15) is 0 Å². The minimum Gasteiger partial charge on any atom is -0.453 e. The Morgan fingerprint density at radius 2 is 1.16 bits per heavy atom. The van der Waals surface area contributed by atoms with E-state index in [1.165, 1.54) is 0 Å². The van der Waals surface area contributed by atoms with Gasteiger partial charge in [0.05, 0.1) is 30.3 Å². The smallest absolute Gasteiger partial charge is 0.186 e. The highest BCUT2D eigenvalue weighted by atomic mass is 16.7. The fourth-order valence-electron chi connectivity index (χ4n) is 3.39. The molecule has 4 heteroatoms. The van der Waals surface area contributed by atoms with E-state index in [-0.39, 0.29) is 6.29 Å². The third-order valence-electron chi connectivity index (χ3n) is 4.49. The van der Waals surface area contributed by atoms with Crippen LogP contribution >= 0.6 is 0 Å². The van der Waals surface area contributed by atoms with Gasteiger partial charge >= 0.3 is 0 Å². The lowest BCUT2D eigenvalue weighted by atomic mass is 10.1. The Balaban J connectivity index is 1.72. The molecule has 5 rings (SSSR count). The second kappa shape index (κ2) is 5.92. The molecule has 2 aliphatic rings. The first-order valence-electron chi connectivity index (χ1n) is 8.40. The van der Waals surface area contributed by atoms with Gasteiger partial charge in [-0.1, -0.05) is 42.5 Å². The molecule has 0 atom stereocenters. The quantitative estimate of drug-likeness (QED) is 0.498. The van der Waals surface area contributed by atoms with Crippen LogP contribution in [-0.4, -0.2) is 13.2 Å². The second-order valence-corrected chi connectivity index (χ2v) is 6.01. The number of hydrogen-bond donors (Lipinski definition) is 0. The first-order valence-corrected chi connectivity index (χ1v) is 8.40. The molecule has 2 aliphatic heterocycles. The van der Waals surface area contributed by atoms with Gasteiger partial charge in [0.25, 0.3) is 0 Å². The average molecular weight is 331 g/mol. The maximum atomic E-state index is 6.09. The molecule has 0 amide bonds. The molecule has 0 N–H and O–H groups in total. The molecule has 0 radical (unpaired) electrons. The molecule has 1 saturated heterocycles. The van der Waals surface area contributed by atoms with Crippen molar-refractivity contribution >= 4 is 17.1 Å². The lowest BCUT2D eigenvalue weighted by Crippen LogP contribution is -2.18. The summed E-state index contributed by atoms with van der Waals surface area (Å²) in [4.78, 5) is 2.22. The third kappa shape index (κ3) is 2.38. The molecule has 4 nitrogen and oxygen atoms in total. The lowest BCUT2D eigenvalue weighted by Gasteiger charge is -2.34. The summed E-state index contributed by atoms with van der Waals surface area (Å²) in [5.41, 5.74) is 4.07. The molecular formula is C21H17NO3.